The number of benzene rings is 1. The van der Waals surface area contributed by atoms with Gasteiger partial charge in [-0.3, -0.25) is 10.1 Å². The predicted molar refractivity (Wildman–Crippen MR) is 67.6 cm³/mol. The van der Waals surface area contributed by atoms with Crippen molar-refractivity contribution in [2.45, 2.75) is 38.8 Å². The highest BCUT2D eigenvalue weighted by molar-refractivity contribution is 5.78. The number of phenols is 2. The standard InChI is InChI=1S/C13H19NO4/c1-3-6-13(2,12(17)18)14-8-9-4-5-10(15)11(16)7-9/h4-5,7,14-16H,3,6,8H2,1-2H3,(H,17,18). The molecule has 1 unspecified atom stereocenters. The van der Waals surface area contributed by atoms with Gasteiger partial charge in [-0.25, -0.2) is 0 Å². The number of hydrogen-bond acceptors (Lipinski definition) is 4. The molecule has 1 aromatic carbocycles. The molecule has 0 aliphatic carbocycles. The Kier molecular flexibility index (Phi) is 4.55. The summed E-state index contributed by atoms with van der Waals surface area (Å²) in [5.74, 6) is -1.29. The average Bonchev–Trinajstić information content (AvgIpc) is 2.31. The lowest BCUT2D eigenvalue weighted by molar-refractivity contribution is -0.144. The fourth-order valence-electron chi connectivity index (χ4n) is 1.75. The zero-order valence-corrected chi connectivity index (χ0v) is 10.6. The largest absolute Gasteiger partial charge is 0.504 e. The molecule has 0 saturated heterocycles. The van der Waals surface area contributed by atoms with Crippen molar-refractivity contribution in [1.82, 2.24) is 5.32 Å². The summed E-state index contributed by atoms with van der Waals surface area (Å²) in [5.41, 5.74) is -0.267. The molecule has 0 aliphatic rings. The Bertz CT molecular complexity index is 433. The van der Waals surface area contributed by atoms with E-state index in [9.17, 15) is 20.1 Å². The third-order valence-electron chi connectivity index (χ3n) is 2.94. The quantitative estimate of drug-likeness (QED) is 0.581. The maximum atomic E-state index is 11.2. The molecule has 0 spiro atoms. The minimum Gasteiger partial charge on any atom is -0.504 e. The fraction of sp³-hybridized carbons (Fsp3) is 0.462. The second-order valence-electron chi connectivity index (χ2n) is 4.56. The third-order valence-corrected chi connectivity index (χ3v) is 2.94. The zero-order chi connectivity index (χ0) is 13.8. The van der Waals surface area contributed by atoms with Crippen molar-refractivity contribution in [3.8, 4) is 11.5 Å². The van der Waals surface area contributed by atoms with Gasteiger partial charge < -0.3 is 15.3 Å². The van der Waals surface area contributed by atoms with Gasteiger partial charge in [-0.15, -0.1) is 0 Å². The second-order valence-corrected chi connectivity index (χ2v) is 4.56. The van der Waals surface area contributed by atoms with E-state index in [0.29, 0.717) is 18.5 Å². The molecule has 0 saturated carbocycles. The average molecular weight is 253 g/mol. The van der Waals surface area contributed by atoms with Gasteiger partial charge in [-0.05, 0) is 31.0 Å². The Hall–Kier alpha value is -1.75. The Balaban J connectivity index is 2.73. The summed E-state index contributed by atoms with van der Waals surface area (Å²) in [6.45, 7) is 3.88. The molecule has 4 N–H and O–H groups in total. The van der Waals surface area contributed by atoms with Crippen LogP contribution in [-0.4, -0.2) is 26.8 Å². The molecule has 5 nitrogen and oxygen atoms in total. The summed E-state index contributed by atoms with van der Waals surface area (Å²) in [7, 11) is 0. The Morgan fingerprint density at radius 2 is 2.00 bits per heavy atom. The molecule has 1 rings (SSSR count). The van der Waals surface area contributed by atoms with E-state index in [-0.39, 0.29) is 11.5 Å². The zero-order valence-electron chi connectivity index (χ0n) is 10.6. The molecule has 0 aromatic heterocycles. The number of phenolic OH excluding ortho intramolecular Hbond substituents is 2. The van der Waals surface area contributed by atoms with Crippen LogP contribution in [0.1, 0.15) is 32.3 Å². The smallest absolute Gasteiger partial charge is 0.323 e. The van der Waals surface area contributed by atoms with Crippen molar-refractivity contribution >= 4 is 5.97 Å². The molecule has 0 amide bonds. The van der Waals surface area contributed by atoms with Crippen molar-refractivity contribution in [2.75, 3.05) is 0 Å². The van der Waals surface area contributed by atoms with Crippen LogP contribution >= 0.6 is 0 Å². The van der Waals surface area contributed by atoms with Crippen LogP contribution in [0.3, 0.4) is 0 Å². The Labute approximate surface area is 106 Å². The van der Waals surface area contributed by atoms with Crippen molar-refractivity contribution in [3.63, 3.8) is 0 Å². The molecule has 0 fully saturated rings. The van der Waals surface area contributed by atoms with Gasteiger partial charge in [0.2, 0.25) is 0 Å². The van der Waals surface area contributed by atoms with Crippen LogP contribution in [-0.2, 0) is 11.3 Å². The fourth-order valence-corrected chi connectivity index (χ4v) is 1.75. The van der Waals surface area contributed by atoms with Gasteiger partial charge in [0.15, 0.2) is 11.5 Å². The number of hydrogen-bond donors (Lipinski definition) is 4. The highest BCUT2D eigenvalue weighted by Gasteiger charge is 2.31. The lowest BCUT2D eigenvalue weighted by Crippen LogP contribution is -2.48. The maximum absolute atomic E-state index is 11.2. The summed E-state index contributed by atoms with van der Waals surface area (Å²) in [5, 5.41) is 30.7. The molecule has 1 atom stereocenters. The third kappa shape index (κ3) is 3.37. The van der Waals surface area contributed by atoms with Crippen molar-refractivity contribution in [1.29, 1.82) is 0 Å². The van der Waals surface area contributed by atoms with Crippen LogP contribution in [0.2, 0.25) is 0 Å². The van der Waals surface area contributed by atoms with E-state index in [0.717, 1.165) is 6.42 Å². The molecule has 1 aromatic rings. The molecule has 5 heteroatoms. The van der Waals surface area contributed by atoms with Crippen molar-refractivity contribution in [2.24, 2.45) is 0 Å². The van der Waals surface area contributed by atoms with Crippen LogP contribution in [0, 0.1) is 0 Å². The first kappa shape index (κ1) is 14.3. The number of aromatic hydroxyl groups is 2. The number of rotatable bonds is 6. The van der Waals surface area contributed by atoms with Gasteiger partial charge in [0.1, 0.15) is 5.54 Å². The number of nitrogens with one attached hydrogen (secondary N) is 1. The lowest BCUT2D eigenvalue weighted by Gasteiger charge is -2.26. The van der Waals surface area contributed by atoms with Crippen LogP contribution in [0.15, 0.2) is 18.2 Å². The van der Waals surface area contributed by atoms with Gasteiger partial charge in [0, 0.05) is 6.54 Å². The molecule has 18 heavy (non-hydrogen) atoms. The number of carboxylic acids is 1. The van der Waals surface area contributed by atoms with Crippen LogP contribution < -0.4 is 5.32 Å². The number of carbonyl (C=O) groups is 1. The molecule has 100 valence electrons. The van der Waals surface area contributed by atoms with E-state index in [4.69, 9.17) is 0 Å². The van der Waals surface area contributed by atoms with Crippen LogP contribution in [0.4, 0.5) is 0 Å². The second kappa shape index (κ2) is 5.73. The molecular formula is C13H19NO4. The van der Waals surface area contributed by atoms with Gasteiger partial charge in [-0.2, -0.15) is 0 Å². The topological polar surface area (TPSA) is 89.8 Å². The highest BCUT2D eigenvalue weighted by atomic mass is 16.4. The molecule has 0 aliphatic heterocycles. The van der Waals surface area contributed by atoms with Gasteiger partial charge in [0.25, 0.3) is 0 Å². The molecule has 0 heterocycles. The predicted octanol–water partition coefficient (Wildman–Crippen LogP) is 1.83. The first-order valence-electron chi connectivity index (χ1n) is 5.88. The van der Waals surface area contributed by atoms with Crippen molar-refractivity contribution in [3.05, 3.63) is 23.8 Å². The minimum atomic E-state index is -0.984. The highest BCUT2D eigenvalue weighted by Crippen LogP contribution is 2.25. The van der Waals surface area contributed by atoms with E-state index in [1.54, 1.807) is 13.0 Å². The van der Waals surface area contributed by atoms with Gasteiger partial charge >= 0.3 is 5.97 Å². The summed E-state index contributed by atoms with van der Waals surface area (Å²) in [4.78, 5) is 11.2. The van der Waals surface area contributed by atoms with E-state index < -0.39 is 11.5 Å². The van der Waals surface area contributed by atoms with Gasteiger partial charge in [-0.1, -0.05) is 19.4 Å². The Morgan fingerprint density at radius 1 is 1.33 bits per heavy atom. The lowest BCUT2D eigenvalue weighted by atomic mass is 9.96. The maximum Gasteiger partial charge on any atom is 0.323 e. The minimum absolute atomic E-state index is 0.187. The van der Waals surface area contributed by atoms with E-state index in [1.165, 1.54) is 12.1 Å². The normalized spacial score (nSPS) is 14.1. The van der Waals surface area contributed by atoms with Gasteiger partial charge in [0.05, 0.1) is 0 Å². The summed E-state index contributed by atoms with van der Waals surface area (Å²) in [6.07, 6.45) is 1.28. The van der Waals surface area contributed by atoms with Crippen LogP contribution in [0.25, 0.3) is 0 Å². The van der Waals surface area contributed by atoms with E-state index >= 15 is 0 Å². The first-order chi connectivity index (χ1) is 8.39. The molecular weight excluding hydrogens is 234 g/mol. The molecule has 0 bridgehead atoms. The number of aliphatic carboxylic acids is 1. The van der Waals surface area contributed by atoms with E-state index in [2.05, 4.69) is 5.32 Å². The Morgan fingerprint density at radius 3 is 2.50 bits per heavy atom. The number of carboxylic acid groups (broad SMARTS) is 1. The first-order valence-corrected chi connectivity index (χ1v) is 5.88. The SMILES string of the molecule is CCCC(C)(NCc1ccc(O)c(O)c1)C(=O)O. The summed E-state index contributed by atoms with van der Waals surface area (Å²) >= 11 is 0. The summed E-state index contributed by atoms with van der Waals surface area (Å²) in [6, 6.07) is 4.43. The van der Waals surface area contributed by atoms with Crippen molar-refractivity contribution < 1.29 is 20.1 Å². The molecule has 0 radical (unpaired) electrons. The monoisotopic (exact) mass is 253 g/mol. The van der Waals surface area contributed by atoms with Crippen LogP contribution in [0.5, 0.6) is 11.5 Å². The van der Waals surface area contributed by atoms with E-state index in [1.807, 2.05) is 6.92 Å². The summed E-state index contributed by atoms with van der Waals surface area (Å²) < 4.78 is 0.